The molecule has 66 valence electrons. The first-order valence-electron chi connectivity index (χ1n) is 4.50. The van der Waals surface area contributed by atoms with Gasteiger partial charge in [-0.2, -0.15) is 0 Å². The maximum absolute atomic E-state index is 2.61. The highest BCUT2D eigenvalue weighted by Crippen LogP contribution is 2.30. The molecule has 0 aromatic heterocycles. The van der Waals surface area contributed by atoms with Gasteiger partial charge >= 0.3 is 0 Å². The summed E-state index contributed by atoms with van der Waals surface area (Å²) in [4.78, 5) is 2.61. The first kappa shape index (κ1) is 9.40. The van der Waals surface area contributed by atoms with Crippen molar-refractivity contribution in [2.24, 2.45) is 5.92 Å². The Kier molecular flexibility index (Phi) is 3.26. The molecule has 0 N–H and O–H groups in total. The van der Waals surface area contributed by atoms with Crippen LogP contribution < -0.4 is 0 Å². The van der Waals surface area contributed by atoms with E-state index in [1.807, 2.05) is 0 Å². The maximum atomic E-state index is 2.61. The molecule has 1 saturated heterocycles. The Labute approximate surface area is 74.5 Å². The van der Waals surface area contributed by atoms with Gasteiger partial charge in [-0.1, -0.05) is 13.8 Å². The van der Waals surface area contributed by atoms with Crippen molar-refractivity contribution in [3.8, 4) is 0 Å². The van der Waals surface area contributed by atoms with Gasteiger partial charge in [0.1, 0.15) is 0 Å². The van der Waals surface area contributed by atoms with E-state index in [0.717, 1.165) is 17.3 Å². The van der Waals surface area contributed by atoms with E-state index in [4.69, 9.17) is 0 Å². The third-order valence-electron chi connectivity index (χ3n) is 2.20. The molecule has 0 radical (unpaired) electrons. The van der Waals surface area contributed by atoms with Gasteiger partial charge in [-0.05, 0) is 19.8 Å². The molecule has 1 heterocycles. The molecule has 1 aliphatic heterocycles. The van der Waals surface area contributed by atoms with Gasteiger partial charge in [0.25, 0.3) is 0 Å². The summed E-state index contributed by atoms with van der Waals surface area (Å²) in [7, 11) is 0. The third kappa shape index (κ3) is 2.12. The average molecular weight is 173 g/mol. The number of hydrogen-bond acceptors (Lipinski definition) is 2. The second-order valence-electron chi connectivity index (χ2n) is 3.84. The Balaban J connectivity index is 2.51. The number of hydrogen-bond donors (Lipinski definition) is 0. The molecule has 0 amide bonds. The number of thioether (sulfide) groups is 1. The summed E-state index contributed by atoms with van der Waals surface area (Å²) in [5.74, 6) is 2.12. The van der Waals surface area contributed by atoms with E-state index in [1.165, 1.54) is 12.3 Å². The van der Waals surface area contributed by atoms with Crippen molar-refractivity contribution in [2.75, 3.05) is 12.3 Å². The minimum atomic E-state index is 0.720. The van der Waals surface area contributed by atoms with Crippen LogP contribution in [0.25, 0.3) is 0 Å². The minimum Gasteiger partial charge on any atom is -0.288 e. The summed E-state index contributed by atoms with van der Waals surface area (Å²) < 4.78 is 0. The summed E-state index contributed by atoms with van der Waals surface area (Å²) in [6, 6.07) is 0.720. The zero-order valence-corrected chi connectivity index (χ0v) is 8.82. The van der Waals surface area contributed by atoms with Crippen molar-refractivity contribution in [1.82, 2.24) is 4.90 Å². The van der Waals surface area contributed by atoms with Gasteiger partial charge in [-0.3, -0.25) is 4.90 Å². The Hall–Kier alpha value is 0.310. The van der Waals surface area contributed by atoms with E-state index in [2.05, 4.69) is 44.4 Å². The highest BCUT2D eigenvalue weighted by atomic mass is 32.2. The predicted octanol–water partition coefficient (Wildman–Crippen LogP) is 2.43. The molecular weight excluding hydrogens is 154 g/mol. The molecule has 0 bridgehead atoms. The number of rotatable bonds is 2. The van der Waals surface area contributed by atoms with Crippen LogP contribution in [0, 0.1) is 5.92 Å². The zero-order valence-electron chi connectivity index (χ0n) is 8.00. The highest BCUT2D eigenvalue weighted by molar-refractivity contribution is 8.00. The lowest BCUT2D eigenvalue weighted by Crippen LogP contribution is -2.37. The fourth-order valence-electron chi connectivity index (χ4n) is 1.63. The predicted molar refractivity (Wildman–Crippen MR) is 52.9 cm³/mol. The normalized spacial score (nSPS) is 27.3. The molecule has 2 heteroatoms. The van der Waals surface area contributed by atoms with Crippen molar-refractivity contribution in [2.45, 2.75) is 39.1 Å². The van der Waals surface area contributed by atoms with Gasteiger partial charge in [0.15, 0.2) is 0 Å². The van der Waals surface area contributed by atoms with Crippen LogP contribution in [0.1, 0.15) is 27.7 Å². The van der Waals surface area contributed by atoms with Gasteiger partial charge in [-0.15, -0.1) is 11.8 Å². The Morgan fingerprint density at radius 2 is 1.91 bits per heavy atom. The topological polar surface area (TPSA) is 3.24 Å². The smallest absolute Gasteiger partial charge is 0.0583 e. The summed E-state index contributed by atoms with van der Waals surface area (Å²) in [6.45, 7) is 10.5. The lowest BCUT2D eigenvalue weighted by molar-refractivity contribution is 0.200. The Morgan fingerprint density at radius 1 is 1.27 bits per heavy atom. The van der Waals surface area contributed by atoms with Gasteiger partial charge in [0, 0.05) is 18.3 Å². The minimum absolute atomic E-state index is 0.720. The van der Waals surface area contributed by atoms with E-state index >= 15 is 0 Å². The summed E-state index contributed by atoms with van der Waals surface area (Å²) in [5.41, 5.74) is 0. The van der Waals surface area contributed by atoms with Gasteiger partial charge < -0.3 is 0 Å². The average Bonchev–Trinajstić information content (AvgIpc) is 2.32. The van der Waals surface area contributed by atoms with Crippen molar-refractivity contribution >= 4 is 11.8 Å². The Bertz CT molecular complexity index is 109. The van der Waals surface area contributed by atoms with Crippen molar-refractivity contribution in [3.63, 3.8) is 0 Å². The van der Waals surface area contributed by atoms with E-state index in [9.17, 15) is 0 Å². The van der Waals surface area contributed by atoms with Crippen LogP contribution in [0.4, 0.5) is 0 Å². The molecule has 0 aromatic rings. The largest absolute Gasteiger partial charge is 0.288 e. The molecule has 0 aromatic carbocycles. The first-order valence-corrected chi connectivity index (χ1v) is 5.55. The molecule has 0 spiro atoms. The van der Waals surface area contributed by atoms with Crippen molar-refractivity contribution in [3.05, 3.63) is 0 Å². The second-order valence-corrected chi connectivity index (χ2v) is 5.06. The van der Waals surface area contributed by atoms with E-state index in [0.29, 0.717) is 0 Å². The monoisotopic (exact) mass is 173 g/mol. The zero-order chi connectivity index (χ0) is 8.43. The third-order valence-corrected chi connectivity index (χ3v) is 3.77. The molecule has 1 aliphatic rings. The fourth-order valence-corrected chi connectivity index (χ4v) is 3.11. The standard InChI is InChI=1S/C9H19NS/c1-7(2)9-10(8(3)4)5-6-11-9/h7-9H,5-6H2,1-4H3. The van der Waals surface area contributed by atoms with E-state index in [-0.39, 0.29) is 0 Å². The molecule has 1 atom stereocenters. The SMILES string of the molecule is CC(C)C1SCCN1C(C)C. The molecule has 1 rings (SSSR count). The van der Waals surface area contributed by atoms with Crippen molar-refractivity contribution < 1.29 is 0 Å². The number of nitrogens with zero attached hydrogens (tertiary/aromatic N) is 1. The quantitative estimate of drug-likeness (QED) is 0.631. The maximum Gasteiger partial charge on any atom is 0.0583 e. The summed E-state index contributed by atoms with van der Waals surface area (Å²) >= 11 is 2.11. The van der Waals surface area contributed by atoms with Gasteiger partial charge in [0.05, 0.1) is 5.37 Å². The Morgan fingerprint density at radius 3 is 2.27 bits per heavy atom. The molecule has 1 unspecified atom stereocenters. The molecule has 0 saturated carbocycles. The van der Waals surface area contributed by atoms with Gasteiger partial charge in [-0.25, -0.2) is 0 Å². The molecule has 11 heavy (non-hydrogen) atoms. The van der Waals surface area contributed by atoms with Crippen molar-refractivity contribution in [1.29, 1.82) is 0 Å². The van der Waals surface area contributed by atoms with Crippen LogP contribution in [-0.4, -0.2) is 28.6 Å². The van der Waals surface area contributed by atoms with E-state index < -0.39 is 0 Å². The summed E-state index contributed by atoms with van der Waals surface area (Å²) in [5, 5.41) is 0.773. The lowest BCUT2D eigenvalue weighted by Gasteiger charge is -2.29. The van der Waals surface area contributed by atoms with Crippen LogP contribution in [0.5, 0.6) is 0 Å². The lowest BCUT2D eigenvalue weighted by atomic mass is 10.2. The molecule has 0 aliphatic carbocycles. The second kappa shape index (κ2) is 3.81. The fraction of sp³-hybridized carbons (Fsp3) is 1.00. The summed E-state index contributed by atoms with van der Waals surface area (Å²) in [6.07, 6.45) is 0. The van der Waals surface area contributed by atoms with Crippen LogP contribution >= 0.6 is 11.8 Å². The molecule has 1 fully saturated rings. The molecular formula is C9H19NS. The molecule has 1 nitrogen and oxygen atoms in total. The van der Waals surface area contributed by atoms with E-state index in [1.54, 1.807) is 0 Å². The van der Waals surface area contributed by atoms with Crippen LogP contribution in [0.3, 0.4) is 0 Å². The van der Waals surface area contributed by atoms with Crippen LogP contribution in [0.15, 0.2) is 0 Å². The highest BCUT2D eigenvalue weighted by Gasteiger charge is 2.28. The van der Waals surface area contributed by atoms with Crippen LogP contribution in [0.2, 0.25) is 0 Å². The first-order chi connectivity index (χ1) is 5.13. The van der Waals surface area contributed by atoms with Gasteiger partial charge in [0.2, 0.25) is 0 Å². The van der Waals surface area contributed by atoms with Crippen LogP contribution in [-0.2, 0) is 0 Å².